The molecule has 3 N–H and O–H groups in total. The van der Waals surface area contributed by atoms with Crippen molar-refractivity contribution in [3.63, 3.8) is 0 Å². The molecule has 1 amide bonds. The highest BCUT2D eigenvalue weighted by Crippen LogP contribution is 2.33. The number of aliphatic carboxylic acids is 1. The quantitative estimate of drug-likeness (QED) is 0.444. The molecule has 0 spiro atoms. The van der Waals surface area contributed by atoms with Gasteiger partial charge in [0, 0.05) is 38.9 Å². The standard InChI is InChI=1S/C19H20F3N7O.C2HF3O2/c1-27-10-14(17(26-27)19(20,21)22)24-18(30)15-4-2-13-3-5-16(25-29(13)15)28-8-11-6-12(9-28)23-7-11;3-2(4,5)1(6)7/h2-5,10-12,23H,6-9H2,1H3,(H,24,30);(H,6,7). The van der Waals surface area contributed by atoms with Gasteiger partial charge in [-0.15, -0.1) is 5.10 Å². The summed E-state index contributed by atoms with van der Waals surface area (Å²) in [6.07, 6.45) is -7.47. The maximum atomic E-state index is 13.2. The molecule has 2 bridgehead atoms. The van der Waals surface area contributed by atoms with Gasteiger partial charge in [0.05, 0.1) is 11.2 Å². The molecule has 16 heteroatoms. The van der Waals surface area contributed by atoms with Crippen molar-refractivity contribution < 1.29 is 41.0 Å². The Bertz CT molecular complexity index is 1300. The first-order valence-corrected chi connectivity index (χ1v) is 10.9. The molecule has 0 aromatic carbocycles. The first kappa shape index (κ1) is 26.2. The highest BCUT2D eigenvalue weighted by Gasteiger charge is 2.39. The number of nitrogens with one attached hydrogen (secondary N) is 2. The van der Waals surface area contributed by atoms with E-state index in [-0.39, 0.29) is 11.4 Å². The fourth-order valence-electron chi connectivity index (χ4n) is 4.31. The molecule has 200 valence electrons. The number of amides is 1. The number of aromatic nitrogens is 4. The number of hydrogen-bond acceptors (Lipinski definition) is 6. The third-order valence-electron chi connectivity index (χ3n) is 5.87. The molecule has 0 saturated carbocycles. The number of carboxylic acid groups (broad SMARTS) is 1. The van der Waals surface area contributed by atoms with Crippen LogP contribution in [0, 0.1) is 5.92 Å². The molecule has 37 heavy (non-hydrogen) atoms. The Labute approximate surface area is 204 Å². The van der Waals surface area contributed by atoms with Gasteiger partial charge >= 0.3 is 18.3 Å². The first-order valence-electron chi connectivity index (χ1n) is 10.9. The summed E-state index contributed by atoms with van der Waals surface area (Å²) in [7, 11) is 1.37. The normalized spacial score (nSPS) is 19.5. The molecular weight excluding hydrogens is 512 g/mol. The summed E-state index contributed by atoms with van der Waals surface area (Å²) in [5.41, 5.74) is -0.685. The van der Waals surface area contributed by atoms with Crippen LogP contribution in [0.3, 0.4) is 0 Å². The van der Waals surface area contributed by atoms with Crippen molar-refractivity contribution >= 4 is 28.9 Å². The molecule has 3 aromatic heterocycles. The van der Waals surface area contributed by atoms with Gasteiger partial charge in [-0.05, 0) is 36.6 Å². The summed E-state index contributed by atoms with van der Waals surface area (Å²) in [5, 5.41) is 21.0. The number of anilines is 2. The van der Waals surface area contributed by atoms with E-state index in [1.54, 1.807) is 12.1 Å². The first-order chi connectivity index (χ1) is 17.2. The second-order valence-electron chi connectivity index (χ2n) is 8.68. The van der Waals surface area contributed by atoms with E-state index in [9.17, 15) is 31.1 Å². The lowest BCUT2D eigenvalue weighted by molar-refractivity contribution is -0.192. The van der Waals surface area contributed by atoms with Crippen LogP contribution in [0.15, 0.2) is 30.5 Å². The molecule has 2 aliphatic heterocycles. The van der Waals surface area contributed by atoms with E-state index in [4.69, 9.17) is 9.90 Å². The highest BCUT2D eigenvalue weighted by molar-refractivity contribution is 6.04. The van der Waals surface area contributed by atoms with Crippen LogP contribution in [-0.4, -0.2) is 68.2 Å². The minimum absolute atomic E-state index is 0.155. The lowest BCUT2D eigenvalue weighted by Crippen LogP contribution is -2.41. The van der Waals surface area contributed by atoms with Crippen LogP contribution in [0.4, 0.5) is 37.8 Å². The maximum Gasteiger partial charge on any atom is 0.490 e. The molecule has 2 fully saturated rings. The van der Waals surface area contributed by atoms with Crippen LogP contribution in [-0.2, 0) is 18.0 Å². The SMILES string of the molecule is Cn1cc(NC(=O)c2ccc3ccc(N4CC5CNC(C5)C4)nn23)c(C(F)(F)F)n1.O=C(O)C(F)(F)F. The van der Waals surface area contributed by atoms with E-state index in [1.807, 2.05) is 12.1 Å². The Hall–Kier alpha value is -3.82. The zero-order chi connectivity index (χ0) is 27.1. The predicted molar refractivity (Wildman–Crippen MR) is 117 cm³/mol. The maximum absolute atomic E-state index is 13.2. The second-order valence-corrected chi connectivity index (χ2v) is 8.68. The lowest BCUT2D eigenvalue weighted by Gasteiger charge is -2.31. The number of carbonyl (C=O) groups excluding carboxylic acids is 1. The smallest absolute Gasteiger partial charge is 0.475 e. The van der Waals surface area contributed by atoms with Crippen molar-refractivity contribution in [3.05, 3.63) is 41.9 Å². The second kappa shape index (κ2) is 9.57. The summed E-state index contributed by atoms with van der Waals surface area (Å²) in [6, 6.07) is 7.45. The monoisotopic (exact) mass is 533 g/mol. The van der Waals surface area contributed by atoms with E-state index < -0.39 is 29.9 Å². The zero-order valence-electron chi connectivity index (χ0n) is 19.1. The number of hydrogen-bond donors (Lipinski definition) is 3. The third kappa shape index (κ3) is 5.79. The van der Waals surface area contributed by atoms with E-state index in [0.29, 0.717) is 17.5 Å². The molecule has 2 unspecified atom stereocenters. The largest absolute Gasteiger partial charge is 0.490 e. The van der Waals surface area contributed by atoms with Crippen LogP contribution in [0.1, 0.15) is 22.6 Å². The summed E-state index contributed by atoms with van der Waals surface area (Å²) in [6.45, 7) is 2.71. The van der Waals surface area contributed by atoms with Crippen LogP contribution in [0.5, 0.6) is 0 Å². The van der Waals surface area contributed by atoms with Crippen molar-refractivity contribution in [1.29, 1.82) is 0 Å². The van der Waals surface area contributed by atoms with Crippen LogP contribution < -0.4 is 15.5 Å². The molecule has 5 heterocycles. The minimum atomic E-state index is -5.08. The van der Waals surface area contributed by atoms with Crippen LogP contribution in [0.2, 0.25) is 0 Å². The lowest BCUT2D eigenvalue weighted by atomic mass is 10.0. The number of piperidine rings is 1. The van der Waals surface area contributed by atoms with Crippen molar-refractivity contribution in [1.82, 2.24) is 24.7 Å². The zero-order valence-corrected chi connectivity index (χ0v) is 19.1. The fourth-order valence-corrected chi connectivity index (χ4v) is 4.31. The van der Waals surface area contributed by atoms with Gasteiger partial charge in [0.1, 0.15) is 11.5 Å². The number of rotatable bonds is 3. The number of aryl methyl sites for hydroxylation is 1. The van der Waals surface area contributed by atoms with Crippen LogP contribution in [0.25, 0.3) is 5.52 Å². The molecule has 10 nitrogen and oxygen atoms in total. The molecule has 2 saturated heterocycles. The predicted octanol–water partition coefficient (Wildman–Crippen LogP) is 2.77. The number of alkyl halides is 6. The summed E-state index contributed by atoms with van der Waals surface area (Å²) in [4.78, 5) is 23.9. The third-order valence-corrected chi connectivity index (χ3v) is 5.87. The summed E-state index contributed by atoms with van der Waals surface area (Å²) < 4.78 is 73.8. The van der Waals surface area contributed by atoms with Gasteiger partial charge in [-0.2, -0.15) is 31.4 Å². The van der Waals surface area contributed by atoms with E-state index >= 15 is 0 Å². The van der Waals surface area contributed by atoms with Gasteiger partial charge in [0.15, 0.2) is 5.69 Å². The van der Waals surface area contributed by atoms with Gasteiger partial charge in [-0.1, -0.05) is 0 Å². The van der Waals surface area contributed by atoms with Gasteiger partial charge in [0.25, 0.3) is 5.91 Å². The number of nitrogens with zero attached hydrogens (tertiary/aromatic N) is 5. The molecule has 2 aliphatic rings. The average Bonchev–Trinajstić information content (AvgIpc) is 3.49. The molecule has 5 rings (SSSR count). The Morgan fingerprint density at radius 3 is 2.38 bits per heavy atom. The van der Waals surface area contributed by atoms with E-state index in [2.05, 4.69) is 25.7 Å². The Kier molecular flexibility index (Phi) is 6.79. The van der Waals surface area contributed by atoms with Gasteiger partial charge in [0.2, 0.25) is 0 Å². The molecular formula is C21H21F6N7O3. The van der Waals surface area contributed by atoms with Crippen molar-refractivity contribution in [2.45, 2.75) is 24.8 Å². The molecule has 0 radical (unpaired) electrons. The topological polar surface area (TPSA) is 117 Å². The van der Waals surface area contributed by atoms with E-state index in [1.165, 1.54) is 11.6 Å². The molecule has 3 aromatic rings. The van der Waals surface area contributed by atoms with Gasteiger partial charge in [-0.25, -0.2) is 9.31 Å². The number of carboxylic acids is 1. The summed E-state index contributed by atoms with van der Waals surface area (Å²) in [5.74, 6) is -2.13. The fraction of sp³-hybridized carbons (Fsp3) is 0.429. The average molecular weight is 533 g/mol. The number of fused-ring (bicyclic) bond motifs is 3. The number of carbonyl (C=O) groups is 2. The molecule has 0 aliphatic carbocycles. The highest BCUT2D eigenvalue weighted by atomic mass is 19.4. The van der Waals surface area contributed by atoms with Crippen molar-refractivity contribution in [2.75, 3.05) is 29.9 Å². The number of halogens is 6. The van der Waals surface area contributed by atoms with Crippen LogP contribution >= 0.6 is 0 Å². The Morgan fingerprint density at radius 1 is 1.08 bits per heavy atom. The van der Waals surface area contributed by atoms with Gasteiger partial charge in [-0.3, -0.25) is 9.48 Å². The minimum Gasteiger partial charge on any atom is -0.475 e. The Morgan fingerprint density at radius 2 is 1.76 bits per heavy atom. The Balaban J connectivity index is 0.000000405. The summed E-state index contributed by atoms with van der Waals surface area (Å²) >= 11 is 0. The van der Waals surface area contributed by atoms with Crippen molar-refractivity contribution in [2.24, 2.45) is 13.0 Å². The van der Waals surface area contributed by atoms with Gasteiger partial charge < -0.3 is 20.6 Å². The molecule has 2 atom stereocenters. The van der Waals surface area contributed by atoms with E-state index in [0.717, 1.165) is 42.8 Å². The van der Waals surface area contributed by atoms with Crippen molar-refractivity contribution in [3.8, 4) is 0 Å².